The van der Waals surface area contributed by atoms with Crippen molar-refractivity contribution in [1.82, 2.24) is 13.5 Å². The molecule has 8 heteroatoms. The van der Waals surface area contributed by atoms with Crippen LogP contribution < -0.4 is 9.46 Å². The third-order valence-electron chi connectivity index (χ3n) is 2.94. The largest absolute Gasteiger partial charge is 0.492 e. The molecule has 1 N–H and O–H groups in total. The predicted octanol–water partition coefficient (Wildman–Crippen LogP) is 2.05. The van der Waals surface area contributed by atoms with E-state index in [4.69, 9.17) is 4.74 Å². The molecule has 114 valence electrons. The molecule has 3 rings (SSSR count). The van der Waals surface area contributed by atoms with Gasteiger partial charge in [0.2, 0.25) is 10.0 Å². The third-order valence-corrected chi connectivity index (χ3v) is 4.98. The second-order valence-electron chi connectivity index (χ2n) is 4.45. The lowest BCUT2D eigenvalue weighted by Crippen LogP contribution is -2.28. The van der Waals surface area contributed by atoms with Crippen molar-refractivity contribution in [3.8, 4) is 5.75 Å². The van der Waals surface area contributed by atoms with Gasteiger partial charge in [-0.1, -0.05) is 24.3 Å². The Morgan fingerprint density at radius 2 is 1.86 bits per heavy atom. The Hall–Kier alpha value is -2.03. The standard InChI is InChI=1S/C14H13N3O3S2/c18-22(19,13-8-4-7-12-14(13)17-21-16-12)15-9-10-20-11-5-2-1-3-6-11/h1-8,15H,9-10H2. The molecule has 0 aliphatic carbocycles. The molecule has 0 bridgehead atoms. The Morgan fingerprint density at radius 3 is 2.68 bits per heavy atom. The first kappa shape index (κ1) is 14.9. The number of benzene rings is 2. The zero-order valence-corrected chi connectivity index (χ0v) is 13.1. The Bertz CT molecular complexity index is 863. The first-order chi connectivity index (χ1) is 10.7. The van der Waals surface area contributed by atoms with E-state index in [-0.39, 0.29) is 18.0 Å². The normalized spacial score (nSPS) is 11.6. The lowest BCUT2D eigenvalue weighted by atomic mass is 10.3. The topological polar surface area (TPSA) is 81.2 Å². The minimum atomic E-state index is -3.64. The van der Waals surface area contributed by atoms with Crippen LogP contribution in [0.25, 0.3) is 11.0 Å². The van der Waals surface area contributed by atoms with Gasteiger partial charge in [-0.2, -0.15) is 8.75 Å². The number of aromatic nitrogens is 2. The van der Waals surface area contributed by atoms with E-state index >= 15 is 0 Å². The Morgan fingerprint density at radius 1 is 1.05 bits per heavy atom. The highest BCUT2D eigenvalue weighted by molar-refractivity contribution is 7.89. The van der Waals surface area contributed by atoms with Gasteiger partial charge in [-0.15, -0.1) is 0 Å². The molecule has 0 unspecified atom stereocenters. The van der Waals surface area contributed by atoms with Crippen LogP contribution in [0.3, 0.4) is 0 Å². The summed E-state index contributed by atoms with van der Waals surface area (Å²) < 4.78 is 40.7. The summed E-state index contributed by atoms with van der Waals surface area (Å²) in [6.45, 7) is 0.416. The van der Waals surface area contributed by atoms with Crippen LogP contribution in [0.5, 0.6) is 5.75 Å². The van der Waals surface area contributed by atoms with Gasteiger partial charge in [-0.3, -0.25) is 0 Å². The SMILES string of the molecule is O=S(=O)(NCCOc1ccccc1)c1cccc2nsnc12. The maximum absolute atomic E-state index is 12.3. The molecule has 0 amide bonds. The number of fused-ring (bicyclic) bond motifs is 1. The molecule has 22 heavy (non-hydrogen) atoms. The summed E-state index contributed by atoms with van der Waals surface area (Å²) in [4.78, 5) is 0.137. The van der Waals surface area contributed by atoms with E-state index in [1.807, 2.05) is 30.3 Å². The van der Waals surface area contributed by atoms with Gasteiger partial charge in [0.15, 0.2) is 0 Å². The molecule has 0 fully saturated rings. The second-order valence-corrected chi connectivity index (χ2v) is 6.71. The fourth-order valence-electron chi connectivity index (χ4n) is 1.94. The molecule has 1 aromatic heterocycles. The molecule has 0 radical (unpaired) electrons. The van der Waals surface area contributed by atoms with Crippen LogP contribution in [0.4, 0.5) is 0 Å². The first-order valence-electron chi connectivity index (χ1n) is 6.55. The molecular formula is C14H13N3O3S2. The maximum Gasteiger partial charge on any atom is 0.242 e. The van der Waals surface area contributed by atoms with E-state index in [2.05, 4.69) is 13.5 Å². The zero-order chi connectivity index (χ0) is 15.4. The number of rotatable bonds is 6. The van der Waals surface area contributed by atoms with Crippen molar-refractivity contribution in [1.29, 1.82) is 0 Å². The van der Waals surface area contributed by atoms with Gasteiger partial charge in [-0.05, 0) is 24.3 Å². The van der Waals surface area contributed by atoms with Crippen LogP contribution in [-0.2, 0) is 10.0 Å². The third kappa shape index (κ3) is 3.24. The summed E-state index contributed by atoms with van der Waals surface area (Å²) in [5.74, 6) is 0.701. The van der Waals surface area contributed by atoms with Crippen LogP contribution in [0.15, 0.2) is 53.4 Å². The van der Waals surface area contributed by atoms with Crippen molar-refractivity contribution in [3.05, 3.63) is 48.5 Å². The lowest BCUT2D eigenvalue weighted by molar-refractivity contribution is 0.323. The average molecular weight is 335 g/mol. The number of sulfonamides is 1. The van der Waals surface area contributed by atoms with Gasteiger partial charge in [0.25, 0.3) is 0 Å². The highest BCUT2D eigenvalue weighted by Crippen LogP contribution is 2.20. The van der Waals surface area contributed by atoms with Crippen molar-refractivity contribution >= 4 is 32.8 Å². The van der Waals surface area contributed by atoms with Crippen molar-refractivity contribution in [3.63, 3.8) is 0 Å². The van der Waals surface area contributed by atoms with E-state index in [0.29, 0.717) is 16.8 Å². The molecule has 0 saturated heterocycles. The van der Waals surface area contributed by atoms with E-state index in [1.165, 1.54) is 6.07 Å². The zero-order valence-electron chi connectivity index (χ0n) is 11.5. The summed E-state index contributed by atoms with van der Waals surface area (Å²) >= 11 is 0.992. The minimum Gasteiger partial charge on any atom is -0.492 e. The fraction of sp³-hybridized carbons (Fsp3) is 0.143. The van der Waals surface area contributed by atoms with Crippen LogP contribution >= 0.6 is 11.7 Å². The summed E-state index contributed by atoms with van der Waals surface area (Å²) in [5, 5.41) is 0. The summed E-state index contributed by atoms with van der Waals surface area (Å²) in [6, 6.07) is 14.1. The van der Waals surface area contributed by atoms with Crippen molar-refractivity contribution < 1.29 is 13.2 Å². The van der Waals surface area contributed by atoms with Gasteiger partial charge in [0.05, 0.1) is 11.7 Å². The number of nitrogens with one attached hydrogen (secondary N) is 1. The van der Waals surface area contributed by atoms with Crippen molar-refractivity contribution in [2.24, 2.45) is 0 Å². The molecule has 0 aliphatic rings. The van der Waals surface area contributed by atoms with E-state index in [0.717, 1.165) is 11.7 Å². The Labute approximate surface area is 132 Å². The molecule has 1 heterocycles. The summed E-state index contributed by atoms with van der Waals surface area (Å²) in [6.07, 6.45) is 0. The first-order valence-corrected chi connectivity index (χ1v) is 8.77. The second kappa shape index (κ2) is 6.39. The van der Waals surface area contributed by atoms with Crippen LogP contribution in [-0.4, -0.2) is 30.3 Å². The van der Waals surface area contributed by atoms with Crippen LogP contribution in [0, 0.1) is 0 Å². The highest BCUT2D eigenvalue weighted by Gasteiger charge is 2.18. The maximum atomic E-state index is 12.3. The highest BCUT2D eigenvalue weighted by atomic mass is 32.2. The van der Waals surface area contributed by atoms with Gasteiger partial charge in [-0.25, -0.2) is 13.1 Å². The summed E-state index contributed by atoms with van der Waals surface area (Å²) in [5.41, 5.74) is 0.970. The van der Waals surface area contributed by atoms with Gasteiger partial charge in [0.1, 0.15) is 28.3 Å². The lowest BCUT2D eigenvalue weighted by Gasteiger charge is -2.08. The molecule has 6 nitrogen and oxygen atoms in total. The van der Waals surface area contributed by atoms with Gasteiger partial charge in [0, 0.05) is 6.54 Å². The number of ether oxygens (including phenoxy) is 1. The molecule has 0 aliphatic heterocycles. The molecule has 0 saturated carbocycles. The number of para-hydroxylation sites is 1. The van der Waals surface area contributed by atoms with Gasteiger partial charge < -0.3 is 4.74 Å². The number of hydrogen-bond acceptors (Lipinski definition) is 6. The van der Waals surface area contributed by atoms with E-state index in [1.54, 1.807) is 12.1 Å². The predicted molar refractivity (Wildman–Crippen MR) is 84.5 cm³/mol. The van der Waals surface area contributed by atoms with E-state index in [9.17, 15) is 8.42 Å². The van der Waals surface area contributed by atoms with Crippen molar-refractivity contribution in [2.45, 2.75) is 4.90 Å². The molecule has 0 atom stereocenters. The van der Waals surface area contributed by atoms with Crippen LogP contribution in [0.2, 0.25) is 0 Å². The van der Waals surface area contributed by atoms with Crippen LogP contribution in [0.1, 0.15) is 0 Å². The Balaban J connectivity index is 1.65. The molecule has 3 aromatic rings. The monoisotopic (exact) mass is 335 g/mol. The average Bonchev–Trinajstić information content (AvgIpc) is 3.01. The smallest absolute Gasteiger partial charge is 0.242 e. The quantitative estimate of drug-likeness (QED) is 0.697. The Kier molecular flexibility index (Phi) is 4.32. The van der Waals surface area contributed by atoms with Gasteiger partial charge >= 0.3 is 0 Å². The summed E-state index contributed by atoms with van der Waals surface area (Å²) in [7, 11) is -3.64. The molecular weight excluding hydrogens is 322 g/mol. The number of nitrogens with zero attached hydrogens (tertiary/aromatic N) is 2. The minimum absolute atomic E-state index is 0.137. The fourth-order valence-corrected chi connectivity index (χ4v) is 3.72. The molecule has 0 spiro atoms. The van der Waals surface area contributed by atoms with E-state index < -0.39 is 10.0 Å². The molecule has 2 aromatic carbocycles. The number of hydrogen-bond donors (Lipinski definition) is 1. The van der Waals surface area contributed by atoms with Crippen molar-refractivity contribution in [2.75, 3.05) is 13.2 Å².